The summed E-state index contributed by atoms with van der Waals surface area (Å²) >= 11 is 0. The van der Waals surface area contributed by atoms with Gasteiger partial charge in [-0.15, -0.1) is 0 Å². The van der Waals surface area contributed by atoms with Crippen molar-refractivity contribution in [2.75, 3.05) is 0 Å². The lowest BCUT2D eigenvalue weighted by atomic mass is 10.1. The van der Waals surface area contributed by atoms with Gasteiger partial charge in [-0.2, -0.15) is 13.2 Å². The summed E-state index contributed by atoms with van der Waals surface area (Å²) < 4.78 is 37.4. The first-order valence-electron chi connectivity index (χ1n) is 5.25. The molecule has 2 rings (SSSR count). The third-order valence-corrected chi connectivity index (χ3v) is 2.37. The third kappa shape index (κ3) is 2.68. The van der Waals surface area contributed by atoms with Gasteiger partial charge in [-0.05, 0) is 18.2 Å². The fraction of sp³-hybridized carbons (Fsp3) is 0.0833. The van der Waals surface area contributed by atoms with Crippen LogP contribution < -0.4 is 0 Å². The molecule has 5 nitrogen and oxygen atoms in total. The van der Waals surface area contributed by atoms with E-state index >= 15 is 0 Å². The molecule has 1 aromatic carbocycles. The van der Waals surface area contributed by atoms with Crippen molar-refractivity contribution in [3.8, 4) is 0 Å². The fourth-order valence-electron chi connectivity index (χ4n) is 1.43. The normalized spacial score (nSPS) is 14.8. The Bertz CT molecular complexity index is 603. The van der Waals surface area contributed by atoms with E-state index in [2.05, 4.69) is 4.84 Å². The summed E-state index contributed by atoms with van der Waals surface area (Å²) in [5, 5.41) is 0.169. The zero-order valence-corrected chi connectivity index (χ0v) is 9.68. The molecule has 0 spiro atoms. The lowest BCUT2D eigenvalue weighted by molar-refractivity contribution is -0.170. The zero-order valence-electron chi connectivity index (χ0n) is 9.68. The van der Waals surface area contributed by atoms with Crippen LogP contribution in [0.25, 0.3) is 0 Å². The van der Waals surface area contributed by atoms with Crippen LogP contribution in [0.15, 0.2) is 36.4 Å². The molecule has 0 fully saturated rings. The number of rotatable bonds is 2. The van der Waals surface area contributed by atoms with Gasteiger partial charge in [0.1, 0.15) is 0 Å². The fourth-order valence-corrected chi connectivity index (χ4v) is 1.43. The molecule has 2 amide bonds. The van der Waals surface area contributed by atoms with E-state index in [0.717, 1.165) is 30.4 Å². The molecule has 0 N–H and O–H groups in total. The molecule has 0 saturated carbocycles. The summed E-state index contributed by atoms with van der Waals surface area (Å²) in [5.74, 6) is -2.99. The number of halogens is 3. The highest BCUT2D eigenvalue weighted by atomic mass is 19.4. The number of imide groups is 1. The van der Waals surface area contributed by atoms with Crippen molar-refractivity contribution in [2.45, 2.75) is 6.18 Å². The third-order valence-electron chi connectivity index (χ3n) is 2.37. The monoisotopic (exact) mass is 285 g/mol. The number of amides is 2. The minimum Gasteiger partial charge on any atom is -0.324 e. The number of carbonyl (C=O) groups excluding carboxylic acids is 3. The molecule has 0 aliphatic carbocycles. The molecule has 0 bridgehead atoms. The number of carbonyl (C=O) groups is 3. The number of alkyl halides is 3. The maximum absolute atomic E-state index is 12.5. The van der Waals surface area contributed by atoms with Crippen molar-refractivity contribution in [1.82, 2.24) is 5.06 Å². The number of hydrogen-bond donors (Lipinski definition) is 0. The van der Waals surface area contributed by atoms with Crippen LogP contribution in [-0.2, 0) is 20.6 Å². The van der Waals surface area contributed by atoms with Crippen molar-refractivity contribution >= 4 is 17.8 Å². The molecule has 1 heterocycles. The van der Waals surface area contributed by atoms with Crippen molar-refractivity contribution in [2.24, 2.45) is 0 Å². The van der Waals surface area contributed by atoms with Crippen LogP contribution in [0.1, 0.15) is 15.9 Å². The van der Waals surface area contributed by atoms with Crippen molar-refractivity contribution in [3.05, 3.63) is 47.5 Å². The lowest BCUT2D eigenvalue weighted by Gasteiger charge is -2.13. The summed E-state index contributed by atoms with van der Waals surface area (Å²) in [6.45, 7) is 0. The largest absolute Gasteiger partial charge is 0.416 e. The standard InChI is InChI=1S/C12H6F3NO4/c13-12(14,15)8-3-1-2-7(6-8)11(19)20-16-9(17)4-5-10(16)18/h1-6H. The van der Waals surface area contributed by atoms with E-state index in [1.807, 2.05) is 0 Å². The molecule has 1 aromatic rings. The highest BCUT2D eigenvalue weighted by Gasteiger charge is 2.32. The predicted octanol–water partition coefficient (Wildman–Crippen LogP) is 1.70. The summed E-state index contributed by atoms with van der Waals surface area (Å²) in [5.41, 5.74) is -1.46. The second-order valence-corrected chi connectivity index (χ2v) is 3.76. The van der Waals surface area contributed by atoms with E-state index in [4.69, 9.17) is 0 Å². The Hall–Kier alpha value is -2.64. The van der Waals surface area contributed by atoms with Gasteiger partial charge in [0.05, 0.1) is 11.1 Å². The Balaban J connectivity index is 2.18. The highest BCUT2D eigenvalue weighted by Crippen LogP contribution is 2.29. The van der Waals surface area contributed by atoms with Gasteiger partial charge in [-0.25, -0.2) is 4.79 Å². The number of nitrogens with zero attached hydrogens (tertiary/aromatic N) is 1. The molecule has 20 heavy (non-hydrogen) atoms. The topological polar surface area (TPSA) is 63.7 Å². The average Bonchev–Trinajstić information content (AvgIpc) is 2.69. The molecular weight excluding hydrogens is 279 g/mol. The first-order valence-corrected chi connectivity index (χ1v) is 5.25. The highest BCUT2D eigenvalue weighted by molar-refractivity contribution is 6.12. The molecule has 104 valence electrons. The molecule has 1 aliphatic rings. The minimum absolute atomic E-state index is 0.169. The van der Waals surface area contributed by atoms with Gasteiger partial charge in [0.25, 0.3) is 11.8 Å². The second kappa shape index (κ2) is 4.80. The quantitative estimate of drug-likeness (QED) is 0.776. The smallest absolute Gasteiger partial charge is 0.324 e. The van der Waals surface area contributed by atoms with E-state index in [-0.39, 0.29) is 5.06 Å². The van der Waals surface area contributed by atoms with Crippen LogP contribution in [0.2, 0.25) is 0 Å². The molecule has 0 radical (unpaired) electrons. The Morgan fingerprint density at radius 3 is 2.25 bits per heavy atom. The van der Waals surface area contributed by atoms with Crippen LogP contribution in [0.3, 0.4) is 0 Å². The summed E-state index contributed by atoms with van der Waals surface area (Å²) in [7, 11) is 0. The van der Waals surface area contributed by atoms with Gasteiger partial charge in [-0.1, -0.05) is 11.1 Å². The van der Waals surface area contributed by atoms with Crippen LogP contribution in [0.5, 0.6) is 0 Å². The summed E-state index contributed by atoms with van der Waals surface area (Å²) in [4.78, 5) is 38.3. The number of hydroxylamine groups is 2. The average molecular weight is 285 g/mol. The Morgan fingerprint density at radius 2 is 1.70 bits per heavy atom. The molecule has 0 unspecified atom stereocenters. The van der Waals surface area contributed by atoms with E-state index in [9.17, 15) is 27.6 Å². The maximum atomic E-state index is 12.5. The predicted molar refractivity (Wildman–Crippen MR) is 57.9 cm³/mol. The van der Waals surface area contributed by atoms with Gasteiger partial charge >= 0.3 is 12.1 Å². The van der Waals surface area contributed by atoms with Crippen LogP contribution in [-0.4, -0.2) is 22.8 Å². The van der Waals surface area contributed by atoms with Crippen LogP contribution >= 0.6 is 0 Å². The molecule has 0 atom stereocenters. The summed E-state index contributed by atoms with van der Waals surface area (Å²) in [6.07, 6.45) is -2.86. The van der Waals surface area contributed by atoms with Gasteiger partial charge < -0.3 is 4.84 Å². The van der Waals surface area contributed by atoms with Crippen LogP contribution in [0, 0.1) is 0 Å². The second-order valence-electron chi connectivity index (χ2n) is 3.76. The SMILES string of the molecule is O=C(ON1C(=O)C=CC1=O)c1cccc(C(F)(F)F)c1. The summed E-state index contributed by atoms with van der Waals surface area (Å²) in [6, 6.07) is 3.45. The van der Waals surface area contributed by atoms with E-state index < -0.39 is 35.1 Å². The molecule has 0 aromatic heterocycles. The van der Waals surface area contributed by atoms with Gasteiger partial charge in [0.2, 0.25) is 0 Å². The van der Waals surface area contributed by atoms with E-state index in [1.54, 1.807) is 0 Å². The van der Waals surface area contributed by atoms with E-state index in [0.29, 0.717) is 6.07 Å². The van der Waals surface area contributed by atoms with Crippen molar-refractivity contribution in [3.63, 3.8) is 0 Å². The van der Waals surface area contributed by atoms with Gasteiger partial charge in [0, 0.05) is 12.2 Å². The van der Waals surface area contributed by atoms with Crippen LogP contribution in [0.4, 0.5) is 13.2 Å². The Kier molecular flexibility index (Phi) is 3.31. The first-order chi connectivity index (χ1) is 9.29. The Labute approximate surface area is 110 Å². The molecular formula is C12H6F3NO4. The van der Waals surface area contributed by atoms with Gasteiger partial charge in [-0.3, -0.25) is 9.59 Å². The zero-order chi connectivity index (χ0) is 14.9. The Morgan fingerprint density at radius 1 is 1.10 bits per heavy atom. The minimum atomic E-state index is -4.61. The van der Waals surface area contributed by atoms with Gasteiger partial charge in [0.15, 0.2) is 0 Å². The lowest BCUT2D eigenvalue weighted by Crippen LogP contribution is -2.32. The maximum Gasteiger partial charge on any atom is 0.416 e. The number of benzene rings is 1. The number of hydrogen-bond acceptors (Lipinski definition) is 4. The van der Waals surface area contributed by atoms with Crippen molar-refractivity contribution in [1.29, 1.82) is 0 Å². The first kappa shape index (κ1) is 13.8. The van der Waals surface area contributed by atoms with E-state index in [1.165, 1.54) is 0 Å². The van der Waals surface area contributed by atoms with Crippen molar-refractivity contribution < 1.29 is 32.4 Å². The molecule has 8 heteroatoms. The molecule has 0 saturated heterocycles. The molecule has 1 aliphatic heterocycles.